The van der Waals surface area contributed by atoms with Crippen LogP contribution >= 0.6 is 0 Å². The van der Waals surface area contributed by atoms with Crippen LogP contribution < -0.4 is 10.6 Å². The number of nitrogens with one attached hydrogen (secondary N) is 3. The summed E-state index contributed by atoms with van der Waals surface area (Å²) in [5.41, 5.74) is 3.18. The number of quaternary nitrogens is 1. The molecule has 3 N–H and O–H groups in total. The number of unbranched alkanes of at least 4 members (excludes halogenated alkanes) is 13. The van der Waals surface area contributed by atoms with Crippen molar-refractivity contribution < 1.29 is 14.1 Å². The zero-order chi connectivity index (χ0) is 32.3. The van der Waals surface area contributed by atoms with E-state index in [0.717, 1.165) is 34.9 Å². The van der Waals surface area contributed by atoms with E-state index in [0.29, 0.717) is 23.9 Å². The van der Waals surface area contributed by atoms with Gasteiger partial charge in [0.15, 0.2) is 6.04 Å². The molecule has 2 atom stereocenters. The fourth-order valence-corrected chi connectivity index (χ4v) is 6.21. The molecule has 0 saturated carbocycles. The lowest BCUT2D eigenvalue weighted by Gasteiger charge is -2.34. The number of aromatic amines is 1. The third-order valence-electron chi connectivity index (χ3n) is 9.07. The van der Waals surface area contributed by atoms with Gasteiger partial charge in [-0.25, -0.2) is 0 Å². The van der Waals surface area contributed by atoms with Gasteiger partial charge in [-0.1, -0.05) is 139 Å². The Morgan fingerprint density at radius 2 is 1.24 bits per heavy atom. The normalized spacial score (nSPS) is 13.1. The molecule has 0 aliphatic carbocycles. The van der Waals surface area contributed by atoms with E-state index in [9.17, 15) is 9.59 Å². The molecule has 3 rings (SSSR count). The summed E-state index contributed by atoms with van der Waals surface area (Å²) in [5.74, 6) is -0.203. The zero-order valence-corrected chi connectivity index (χ0v) is 28.7. The van der Waals surface area contributed by atoms with Gasteiger partial charge in [-0.15, -0.1) is 0 Å². The summed E-state index contributed by atoms with van der Waals surface area (Å²) in [6, 6.07) is 17.3. The van der Waals surface area contributed by atoms with Crippen LogP contribution in [-0.4, -0.2) is 61.1 Å². The quantitative estimate of drug-likeness (QED) is 0.0743. The molecule has 2 amide bonds. The standard InChI is InChI=1S/C39H60N4O2/c1-5-6-7-8-9-10-11-12-13-14-15-16-17-23-28-40-38(44)36(30-33-31-41-35-27-22-21-26-34(33)35)42-39(45)37(43(2,3)4)29-32-24-19-18-20-25-32/h18-22,24-27,31,36-37,41H,5-17,23,28-30H2,1-4H3,(H-,40,42,44,45)/p+1. The van der Waals surface area contributed by atoms with Crippen molar-refractivity contribution in [2.75, 3.05) is 27.7 Å². The summed E-state index contributed by atoms with van der Waals surface area (Å²) in [5, 5.41) is 7.41. The largest absolute Gasteiger partial charge is 0.361 e. The minimum atomic E-state index is -0.645. The number of carbonyl (C=O) groups excluding carboxylic acids is 2. The van der Waals surface area contributed by atoms with E-state index in [1.165, 1.54) is 77.0 Å². The van der Waals surface area contributed by atoms with Crippen LogP contribution in [0.15, 0.2) is 60.8 Å². The summed E-state index contributed by atoms with van der Waals surface area (Å²) in [4.78, 5) is 30.7. The van der Waals surface area contributed by atoms with Crippen LogP contribution in [0.4, 0.5) is 0 Å². The van der Waals surface area contributed by atoms with E-state index in [1.807, 2.05) is 63.7 Å². The maximum atomic E-state index is 13.8. The maximum absolute atomic E-state index is 13.8. The number of rotatable bonds is 23. The Morgan fingerprint density at radius 1 is 0.689 bits per heavy atom. The molecular weight excluding hydrogens is 556 g/mol. The number of hydrogen-bond acceptors (Lipinski definition) is 2. The predicted molar refractivity (Wildman–Crippen MR) is 189 cm³/mol. The van der Waals surface area contributed by atoms with Crippen molar-refractivity contribution in [3.8, 4) is 0 Å². The molecule has 45 heavy (non-hydrogen) atoms. The number of amides is 2. The predicted octanol–water partition coefficient (Wildman–Crippen LogP) is 8.11. The van der Waals surface area contributed by atoms with Crippen LogP contribution in [-0.2, 0) is 22.4 Å². The highest BCUT2D eigenvalue weighted by atomic mass is 16.2. The molecule has 0 spiro atoms. The van der Waals surface area contributed by atoms with Gasteiger partial charge in [-0.2, -0.15) is 0 Å². The first-order valence-electron chi connectivity index (χ1n) is 17.8. The van der Waals surface area contributed by atoms with Crippen LogP contribution in [0.5, 0.6) is 0 Å². The molecule has 0 bridgehead atoms. The Morgan fingerprint density at radius 3 is 1.84 bits per heavy atom. The average molecular weight is 618 g/mol. The van der Waals surface area contributed by atoms with E-state index < -0.39 is 6.04 Å². The lowest BCUT2D eigenvalue weighted by molar-refractivity contribution is -0.886. The SMILES string of the molecule is CCCCCCCCCCCCCCCCNC(=O)C(Cc1c[nH]c2ccccc12)NC(=O)C(Cc1ccccc1)[N+](C)(C)C. The molecular formula is C39H61N4O2+. The number of benzene rings is 2. The number of nitrogens with zero attached hydrogens (tertiary/aromatic N) is 1. The summed E-state index contributed by atoms with van der Waals surface area (Å²) < 4.78 is 0.473. The summed E-state index contributed by atoms with van der Waals surface area (Å²) >= 11 is 0. The number of hydrogen-bond donors (Lipinski definition) is 3. The second-order valence-electron chi connectivity index (χ2n) is 13.8. The van der Waals surface area contributed by atoms with Gasteiger partial charge in [0, 0.05) is 36.5 Å². The lowest BCUT2D eigenvalue weighted by atomic mass is 10.0. The Labute approximate surface area is 273 Å². The van der Waals surface area contributed by atoms with Crippen LogP contribution in [0.3, 0.4) is 0 Å². The highest BCUT2D eigenvalue weighted by molar-refractivity contribution is 5.91. The summed E-state index contributed by atoms with van der Waals surface area (Å²) in [7, 11) is 6.12. The van der Waals surface area contributed by atoms with Gasteiger partial charge in [0.05, 0.1) is 21.1 Å². The number of likely N-dealkylation sites (N-methyl/N-ethyl adjacent to an activating group) is 1. The number of fused-ring (bicyclic) bond motifs is 1. The van der Waals surface area contributed by atoms with Gasteiger partial charge in [-0.3, -0.25) is 9.59 Å². The molecule has 0 aliphatic heterocycles. The average Bonchev–Trinajstić information content (AvgIpc) is 3.44. The van der Waals surface area contributed by atoms with Crippen LogP contribution in [0.2, 0.25) is 0 Å². The molecule has 0 radical (unpaired) electrons. The summed E-state index contributed by atoms with van der Waals surface area (Å²) in [6.07, 6.45) is 21.3. The number of aromatic nitrogens is 1. The van der Waals surface area contributed by atoms with Crippen LogP contribution in [0.1, 0.15) is 108 Å². The lowest BCUT2D eigenvalue weighted by Crippen LogP contribution is -2.59. The molecule has 2 unspecified atom stereocenters. The van der Waals surface area contributed by atoms with E-state index in [2.05, 4.69) is 40.7 Å². The van der Waals surface area contributed by atoms with E-state index in [1.54, 1.807) is 0 Å². The van der Waals surface area contributed by atoms with Crippen molar-refractivity contribution in [2.45, 2.75) is 122 Å². The second kappa shape index (κ2) is 20.1. The van der Waals surface area contributed by atoms with Gasteiger partial charge in [0.25, 0.3) is 5.91 Å². The molecule has 0 fully saturated rings. The number of H-pyrrole nitrogens is 1. The molecule has 6 heteroatoms. The monoisotopic (exact) mass is 617 g/mol. The van der Waals surface area contributed by atoms with E-state index in [-0.39, 0.29) is 17.9 Å². The zero-order valence-electron chi connectivity index (χ0n) is 28.7. The van der Waals surface area contributed by atoms with Crippen LogP contribution in [0, 0.1) is 0 Å². The van der Waals surface area contributed by atoms with E-state index in [4.69, 9.17) is 0 Å². The van der Waals surface area contributed by atoms with Crippen molar-refractivity contribution in [3.05, 3.63) is 71.9 Å². The smallest absolute Gasteiger partial charge is 0.279 e. The molecule has 1 aromatic heterocycles. The molecule has 6 nitrogen and oxygen atoms in total. The Balaban J connectivity index is 1.47. The van der Waals surface area contributed by atoms with Crippen molar-refractivity contribution >= 4 is 22.7 Å². The van der Waals surface area contributed by atoms with Crippen molar-refractivity contribution in [2.24, 2.45) is 0 Å². The first-order chi connectivity index (χ1) is 21.8. The Hall–Kier alpha value is -3.12. The first-order valence-corrected chi connectivity index (χ1v) is 17.8. The van der Waals surface area contributed by atoms with Crippen molar-refractivity contribution in [1.29, 1.82) is 0 Å². The molecule has 248 valence electrons. The van der Waals surface area contributed by atoms with Gasteiger partial charge in [0.1, 0.15) is 6.04 Å². The third-order valence-corrected chi connectivity index (χ3v) is 9.07. The Kier molecular flexibility index (Phi) is 16.2. The minimum absolute atomic E-state index is 0.0946. The van der Waals surface area contributed by atoms with Gasteiger partial charge in [-0.05, 0) is 23.6 Å². The van der Waals surface area contributed by atoms with Gasteiger partial charge in [0.2, 0.25) is 5.91 Å². The number of carbonyl (C=O) groups is 2. The third kappa shape index (κ3) is 13.4. The fourth-order valence-electron chi connectivity index (χ4n) is 6.21. The Bertz CT molecular complexity index is 1250. The van der Waals surface area contributed by atoms with Gasteiger partial charge < -0.3 is 20.1 Å². The number of para-hydroxylation sites is 1. The molecule has 0 saturated heterocycles. The van der Waals surface area contributed by atoms with E-state index >= 15 is 0 Å². The highest BCUT2D eigenvalue weighted by Gasteiger charge is 2.34. The van der Waals surface area contributed by atoms with Crippen molar-refractivity contribution in [1.82, 2.24) is 15.6 Å². The molecule has 3 aromatic rings. The van der Waals surface area contributed by atoms with Crippen LogP contribution in [0.25, 0.3) is 10.9 Å². The molecule has 0 aliphatic rings. The topological polar surface area (TPSA) is 74.0 Å². The minimum Gasteiger partial charge on any atom is -0.361 e. The highest BCUT2D eigenvalue weighted by Crippen LogP contribution is 2.20. The molecule has 1 heterocycles. The van der Waals surface area contributed by atoms with Crippen molar-refractivity contribution in [3.63, 3.8) is 0 Å². The first kappa shape index (κ1) is 36.3. The maximum Gasteiger partial charge on any atom is 0.279 e. The summed E-state index contributed by atoms with van der Waals surface area (Å²) in [6.45, 7) is 2.91. The second-order valence-corrected chi connectivity index (χ2v) is 13.8. The fraction of sp³-hybridized carbons (Fsp3) is 0.590. The van der Waals surface area contributed by atoms with Gasteiger partial charge >= 0.3 is 0 Å². The molecule has 2 aromatic carbocycles.